The van der Waals surface area contributed by atoms with Crippen LogP contribution in [-0.4, -0.2) is 29.7 Å². The van der Waals surface area contributed by atoms with E-state index in [1.807, 2.05) is 38.1 Å². The molecule has 112 valence electrons. The average molecular weight is 286 g/mol. The van der Waals surface area contributed by atoms with Crippen molar-refractivity contribution in [1.29, 1.82) is 0 Å². The van der Waals surface area contributed by atoms with E-state index in [2.05, 4.69) is 27.0 Å². The Bertz CT molecular complexity index is 559. The lowest BCUT2D eigenvalue weighted by Crippen LogP contribution is -2.30. The summed E-state index contributed by atoms with van der Waals surface area (Å²) in [6.07, 6.45) is 0. The standard InChI is InChI=1S/C16H22N4O/c1-3-21-15-11-13(2)18-16(19-15)20(10-9-17)12-14-7-5-4-6-8-14/h4-8,11H,3,9-10,12,17H2,1-2H3. The first-order valence-corrected chi connectivity index (χ1v) is 7.20. The molecule has 0 saturated heterocycles. The maximum absolute atomic E-state index is 5.73. The van der Waals surface area contributed by atoms with E-state index in [9.17, 15) is 0 Å². The van der Waals surface area contributed by atoms with Gasteiger partial charge in [0.25, 0.3) is 0 Å². The first-order chi connectivity index (χ1) is 10.2. The van der Waals surface area contributed by atoms with Crippen molar-refractivity contribution in [3.05, 3.63) is 47.7 Å². The first kappa shape index (κ1) is 15.3. The van der Waals surface area contributed by atoms with Crippen molar-refractivity contribution < 1.29 is 4.74 Å². The van der Waals surface area contributed by atoms with Gasteiger partial charge in [-0.1, -0.05) is 30.3 Å². The number of aryl methyl sites for hydroxylation is 1. The number of hydrogen-bond acceptors (Lipinski definition) is 5. The number of benzene rings is 1. The highest BCUT2D eigenvalue weighted by Gasteiger charge is 2.12. The number of anilines is 1. The molecule has 2 N–H and O–H groups in total. The van der Waals surface area contributed by atoms with E-state index < -0.39 is 0 Å². The van der Waals surface area contributed by atoms with Crippen LogP contribution in [-0.2, 0) is 6.54 Å². The van der Waals surface area contributed by atoms with Gasteiger partial charge in [-0.3, -0.25) is 0 Å². The average Bonchev–Trinajstić information content (AvgIpc) is 2.48. The van der Waals surface area contributed by atoms with E-state index in [0.29, 0.717) is 31.5 Å². The van der Waals surface area contributed by atoms with Gasteiger partial charge < -0.3 is 15.4 Å². The molecule has 21 heavy (non-hydrogen) atoms. The number of nitrogens with two attached hydrogens (primary N) is 1. The summed E-state index contributed by atoms with van der Waals surface area (Å²) in [7, 11) is 0. The Kier molecular flexibility index (Phi) is 5.51. The third-order valence-electron chi connectivity index (χ3n) is 3.01. The highest BCUT2D eigenvalue weighted by molar-refractivity contribution is 5.36. The van der Waals surface area contributed by atoms with E-state index in [0.717, 1.165) is 12.2 Å². The van der Waals surface area contributed by atoms with Crippen molar-refractivity contribution in [2.24, 2.45) is 5.73 Å². The maximum atomic E-state index is 5.73. The molecule has 0 aliphatic heterocycles. The van der Waals surface area contributed by atoms with E-state index in [1.54, 1.807) is 0 Å². The Hall–Kier alpha value is -2.14. The molecule has 1 aromatic carbocycles. The van der Waals surface area contributed by atoms with E-state index in [-0.39, 0.29) is 0 Å². The van der Waals surface area contributed by atoms with Crippen molar-refractivity contribution in [2.45, 2.75) is 20.4 Å². The molecule has 0 aliphatic rings. The Morgan fingerprint density at radius 3 is 2.62 bits per heavy atom. The molecule has 0 aliphatic carbocycles. The minimum absolute atomic E-state index is 0.550. The van der Waals surface area contributed by atoms with E-state index in [1.165, 1.54) is 5.56 Å². The number of rotatable bonds is 7. The number of ether oxygens (including phenoxy) is 1. The van der Waals surface area contributed by atoms with Gasteiger partial charge in [0.2, 0.25) is 11.8 Å². The third-order valence-corrected chi connectivity index (χ3v) is 3.01. The lowest BCUT2D eigenvalue weighted by Gasteiger charge is -2.22. The molecule has 1 heterocycles. The molecule has 0 amide bonds. The molecule has 0 saturated carbocycles. The molecule has 5 nitrogen and oxygen atoms in total. The fraction of sp³-hybridized carbons (Fsp3) is 0.375. The number of hydrogen-bond donors (Lipinski definition) is 1. The van der Waals surface area contributed by atoms with Gasteiger partial charge in [0.1, 0.15) is 0 Å². The quantitative estimate of drug-likeness (QED) is 0.845. The second-order valence-corrected chi connectivity index (χ2v) is 4.78. The molecule has 0 spiro atoms. The van der Waals surface area contributed by atoms with Crippen LogP contribution in [0.3, 0.4) is 0 Å². The zero-order valence-corrected chi connectivity index (χ0v) is 12.6. The zero-order valence-electron chi connectivity index (χ0n) is 12.6. The van der Waals surface area contributed by atoms with Gasteiger partial charge in [0.05, 0.1) is 6.61 Å². The van der Waals surface area contributed by atoms with Crippen molar-refractivity contribution in [3.8, 4) is 5.88 Å². The lowest BCUT2D eigenvalue weighted by molar-refractivity contribution is 0.326. The molecule has 0 bridgehead atoms. The third kappa shape index (κ3) is 4.43. The Balaban J connectivity index is 2.24. The predicted octanol–water partition coefficient (Wildman–Crippen LogP) is 2.15. The molecular formula is C16H22N4O. The van der Waals surface area contributed by atoms with Crippen LogP contribution in [0.1, 0.15) is 18.2 Å². The summed E-state index contributed by atoms with van der Waals surface area (Å²) >= 11 is 0. The van der Waals surface area contributed by atoms with Gasteiger partial charge in [-0.25, -0.2) is 4.98 Å². The topological polar surface area (TPSA) is 64.3 Å². The minimum atomic E-state index is 0.550. The Labute approximate surface area is 125 Å². The molecule has 0 radical (unpaired) electrons. The molecule has 2 aromatic rings. The second-order valence-electron chi connectivity index (χ2n) is 4.78. The molecule has 5 heteroatoms. The SMILES string of the molecule is CCOc1cc(C)nc(N(CCN)Cc2ccccc2)n1. The molecule has 1 aromatic heterocycles. The largest absolute Gasteiger partial charge is 0.478 e. The number of nitrogens with zero attached hydrogens (tertiary/aromatic N) is 3. The Morgan fingerprint density at radius 1 is 1.19 bits per heavy atom. The van der Waals surface area contributed by atoms with Crippen molar-refractivity contribution in [2.75, 3.05) is 24.6 Å². The smallest absolute Gasteiger partial charge is 0.229 e. The summed E-state index contributed by atoms with van der Waals surface area (Å²) in [4.78, 5) is 11.1. The minimum Gasteiger partial charge on any atom is -0.478 e. The van der Waals surface area contributed by atoms with Gasteiger partial charge in [-0.05, 0) is 19.4 Å². The van der Waals surface area contributed by atoms with Crippen molar-refractivity contribution in [1.82, 2.24) is 9.97 Å². The van der Waals surface area contributed by atoms with Crippen LogP contribution in [0.15, 0.2) is 36.4 Å². The molecule has 0 atom stereocenters. The fourth-order valence-corrected chi connectivity index (χ4v) is 2.10. The molecular weight excluding hydrogens is 264 g/mol. The molecule has 2 rings (SSSR count). The predicted molar refractivity (Wildman–Crippen MR) is 84.5 cm³/mol. The first-order valence-electron chi connectivity index (χ1n) is 7.20. The van der Waals surface area contributed by atoms with Gasteiger partial charge in [-0.15, -0.1) is 0 Å². The summed E-state index contributed by atoms with van der Waals surface area (Å²) in [6.45, 7) is 6.45. The van der Waals surface area contributed by atoms with Crippen LogP contribution in [0.25, 0.3) is 0 Å². The van der Waals surface area contributed by atoms with E-state index in [4.69, 9.17) is 10.5 Å². The maximum Gasteiger partial charge on any atom is 0.229 e. The van der Waals surface area contributed by atoms with Gasteiger partial charge in [0, 0.05) is 31.4 Å². The van der Waals surface area contributed by atoms with Crippen LogP contribution in [0, 0.1) is 6.92 Å². The summed E-state index contributed by atoms with van der Waals surface area (Å²) < 4.78 is 5.50. The van der Waals surface area contributed by atoms with E-state index >= 15 is 0 Å². The lowest BCUT2D eigenvalue weighted by atomic mass is 10.2. The van der Waals surface area contributed by atoms with Crippen molar-refractivity contribution in [3.63, 3.8) is 0 Å². The summed E-state index contributed by atoms with van der Waals surface area (Å²) in [5, 5.41) is 0. The zero-order chi connectivity index (χ0) is 15.1. The Morgan fingerprint density at radius 2 is 1.95 bits per heavy atom. The second kappa shape index (κ2) is 7.59. The summed E-state index contributed by atoms with van der Waals surface area (Å²) in [6, 6.07) is 12.1. The van der Waals surface area contributed by atoms with Gasteiger partial charge in [-0.2, -0.15) is 4.98 Å². The van der Waals surface area contributed by atoms with Crippen LogP contribution >= 0.6 is 0 Å². The van der Waals surface area contributed by atoms with Crippen LogP contribution < -0.4 is 15.4 Å². The molecule has 0 fully saturated rings. The number of aromatic nitrogens is 2. The molecule has 0 unspecified atom stereocenters. The van der Waals surface area contributed by atoms with Crippen LogP contribution in [0.2, 0.25) is 0 Å². The monoisotopic (exact) mass is 286 g/mol. The highest BCUT2D eigenvalue weighted by atomic mass is 16.5. The normalized spacial score (nSPS) is 10.4. The summed E-state index contributed by atoms with van der Waals surface area (Å²) in [5.74, 6) is 1.27. The van der Waals surface area contributed by atoms with Crippen molar-refractivity contribution >= 4 is 5.95 Å². The highest BCUT2D eigenvalue weighted by Crippen LogP contribution is 2.17. The summed E-state index contributed by atoms with van der Waals surface area (Å²) in [5.41, 5.74) is 7.82. The fourth-order valence-electron chi connectivity index (χ4n) is 2.10. The van der Waals surface area contributed by atoms with Crippen LogP contribution in [0.5, 0.6) is 5.88 Å². The van der Waals surface area contributed by atoms with Gasteiger partial charge in [0.15, 0.2) is 0 Å². The van der Waals surface area contributed by atoms with Crippen LogP contribution in [0.4, 0.5) is 5.95 Å². The van der Waals surface area contributed by atoms with Gasteiger partial charge >= 0.3 is 0 Å².